The summed E-state index contributed by atoms with van der Waals surface area (Å²) in [6, 6.07) is 12.2. The third kappa shape index (κ3) is 4.37. The van der Waals surface area contributed by atoms with Gasteiger partial charge in [-0.05, 0) is 30.3 Å². The molecule has 0 atom stereocenters. The smallest absolute Gasteiger partial charge is 0.310 e. The number of benzene rings is 2. The van der Waals surface area contributed by atoms with Gasteiger partial charge in [0, 0.05) is 24.2 Å². The molecule has 0 aliphatic rings. The summed E-state index contributed by atoms with van der Waals surface area (Å²) < 4.78 is 5.25. The predicted molar refractivity (Wildman–Crippen MR) is 83.7 cm³/mol. The zero-order chi connectivity index (χ0) is 16.8. The Morgan fingerprint density at radius 2 is 1.78 bits per heavy atom. The first-order chi connectivity index (χ1) is 11.0. The highest BCUT2D eigenvalue weighted by Crippen LogP contribution is 2.25. The number of nitro groups is 1. The molecule has 1 N–H and O–H groups in total. The first kappa shape index (κ1) is 16.2. The van der Waals surface area contributed by atoms with Crippen LogP contribution in [0.15, 0.2) is 48.5 Å². The number of Topliss-reactive ketones (excluding diaryl/α,β-unsaturated/α-hetero) is 1. The van der Waals surface area contributed by atoms with Crippen LogP contribution < -0.4 is 10.1 Å². The number of hydrogen-bond donors (Lipinski definition) is 1. The Kier molecular flexibility index (Phi) is 5.03. The maximum absolute atomic E-state index is 12.1. The number of ether oxygens (including phenoxy) is 1. The Morgan fingerprint density at radius 1 is 1.13 bits per heavy atom. The van der Waals surface area contributed by atoms with Gasteiger partial charge >= 0.3 is 5.69 Å². The van der Waals surface area contributed by atoms with Crippen molar-refractivity contribution in [2.24, 2.45) is 0 Å². The summed E-state index contributed by atoms with van der Waals surface area (Å²) in [7, 11) is 0. The summed E-state index contributed by atoms with van der Waals surface area (Å²) >= 11 is 0. The highest BCUT2D eigenvalue weighted by Gasteiger charge is 2.15. The van der Waals surface area contributed by atoms with Gasteiger partial charge < -0.3 is 10.1 Å². The Balaban J connectivity index is 2.03. The largest absolute Gasteiger partial charge is 0.478 e. The zero-order valence-electron chi connectivity index (χ0n) is 12.3. The minimum Gasteiger partial charge on any atom is -0.478 e. The fourth-order valence-corrected chi connectivity index (χ4v) is 1.90. The first-order valence-corrected chi connectivity index (χ1v) is 6.74. The maximum Gasteiger partial charge on any atom is 0.310 e. The molecule has 7 nitrogen and oxygen atoms in total. The van der Waals surface area contributed by atoms with Gasteiger partial charge in [0.1, 0.15) is 0 Å². The second-order valence-electron chi connectivity index (χ2n) is 4.70. The molecule has 23 heavy (non-hydrogen) atoms. The first-order valence-electron chi connectivity index (χ1n) is 6.74. The monoisotopic (exact) mass is 314 g/mol. The Bertz CT molecular complexity index is 740. The molecule has 118 valence electrons. The Labute approximate surface area is 132 Å². The van der Waals surface area contributed by atoms with Crippen LogP contribution in [0, 0.1) is 10.1 Å². The third-order valence-corrected chi connectivity index (χ3v) is 2.95. The normalized spacial score (nSPS) is 9.96. The van der Waals surface area contributed by atoms with Crippen molar-refractivity contribution in [2.45, 2.75) is 6.92 Å². The van der Waals surface area contributed by atoms with E-state index in [0.717, 1.165) is 0 Å². The minimum absolute atomic E-state index is 0.0423. The van der Waals surface area contributed by atoms with Gasteiger partial charge in [-0.1, -0.05) is 12.1 Å². The van der Waals surface area contributed by atoms with Crippen molar-refractivity contribution < 1.29 is 19.2 Å². The lowest BCUT2D eigenvalue weighted by Gasteiger charge is -2.07. The summed E-state index contributed by atoms with van der Waals surface area (Å²) in [5.74, 6) is -0.484. The number of nitro benzene ring substituents is 1. The van der Waals surface area contributed by atoms with Crippen LogP contribution in [0.2, 0.25) is 0 Å². The van der Waals surface area contributed by atoms with Crippen molar-refractivity contribution in [3.63, 3.8) is 0 Å². The SMILES string of the molecule is CC(=O)Nc1ccc(C(=O)COc2ccccc2[N+](=O)[O-])cc1. The Morgan fingerprint density at radius 3 is 2.39 bits per heavy atom. The number of anilines is 1. The van der Waals surface area contributed by atoms with Gasteiger partial charge in [-0.2, -0.15) is 0 Å². The molecule has 0 saturated heterocycles. The zero-order valence-corrected chi connectivity index (χ0v) is 12.3. The number of nitrogens with zero attached hydrogens (tertiary/aromatic N) is 1. The number of para-hydroxylation sites is 2. The van der Waals surface area contributed by atoms with Crippen molar-refractivity contribution in [3.8, 4) is 5.75 Å². The highest BCUT2D eigenvalue weighted by molar-refractivity contribution is 5.98. The molecule has 0 radical (unpaired) electrons. The topological polar surface area (TPSA) is 98.5 Å². The number of hydrogen-bond acceptors (Lipinski definition) is 5. The predicted octanol–water partition coefficient (Wildman–Crippen LogP) is 2.81. The lowest BCUT2D eigenvalue weighted by Crippen LogP contribution is -2.12. The summed E-state index contributed by atoms with van der Waals surface area (Å²) in [5, 5.41) is 13.5. The summed E-state index contributed by atoms with van der Waals surface area (Å²) in [6.07, 6.45) is 0. The van der Waals surface area contributed by atoms with Gasteiger partial charge in [-0.15, -0.1) is 0 Å². The van der Waals surface area contributed by atoms with E-state index in [1.807, 2.05) is 0 Å². The van der Waals surface area contributed by atoms with Gasteiger partial charge in [0.05, 0.1) is 4.92 Å². The van der Waals surface area contributed by atoms with Crippen molar-refractivity contribution in [3.05, 3.63) is 64.2 Å². The van der Waals surface area contributed by atoms with Crippen molar-refractivity contribution in [2.75, 3.05) is 11.9 Å². The molecule has 0 heterocycles. The minimum atomic E-state index is -0.567. The summed E-state index contributed by atoms with van der Waals surface area (Å²) in [5.41, 5.74) is 0.771. The number of ketones is 1. The molecule has 0 aliphatic carbocycles. The maximum atomic E-state index is 12.1. The lowest BCUT2D eigenvalue weighted by atomic mass is 10.1. The Hall–Kier alpha value is -3.22. The standard InChI is InChI=1S/C16H14N2O5/c1-11(19)17-13-8-6-12(7-9-13)15(20)10-23-16-5-3-2-4-14(16)18(21)22/h2-9H,10H2,1H3,(H,17,19). The van der Waals surface area contributed by atoms with Gasteiger partial charge in [0.2, 0.25) is 5.91 Å². The fourth-order valence-electron chi connectivity index (χ4n) is 1.90. The average Bonchev–Trinajstić information content (AvgIpc) is 2.53. The van der Waals surface area contributed by atoms with Gasteiger partial charge in [0.15, 0.2) is 18.1 Å². The van der Waals surface area contributed by atoms with Crippen LogP contribution in [0.1, 0.15) is 17.3 Å². The number of rotatable bonds is 6. The molecular weight excluding hydrogens is 300 g/mol. The molecule has 0 spiro atoms. The van der Waals surface area contributed by atoms with E-state index in [9.17, 15) is 19.7 Å². The molecule has 7 heteroatoms. The summed E-state index contributed by atoms with van der Waals surface area (Å²) in [6.45, 7) is 1.07. The van der Waals surface area contributed by atoms with Crippen molar-refractivity contribution >= 4 is 23.1 Å². The van der Waals surface area contributed by atoms with E-state index in [4.69, 9.17) is 4.74 Å². The number of amides is 1. The van der Waals surface area contributed by atoms with Gasteiger partial charge in [-0.25, -0.2) is 0 Å². The molecule has 0 aromatic heterocycles. The molecule has 0 fully saturated rings. The van der Waals surface area contributed by atoms with Crippen LogP contribution in [-0.2, 0) is 4.79 Å². The van der Waals surface area contributed by atoms with E-state index in [1.54, 1.807) is 30.3 Å². The van der Waals surface area contributed by atoms with Crippen LogP contribution in [0.5, 0.6) is 5.75 Å². The molecule has 2 rings (SSSR count). The number of nitrogens with one attached hydrogen (secondary N) is 1. The van der Waals surface area contributed by atoms with E-state index in [2.05, 4.69) is 5.32 Å². The third-order valence-electron chi connectivity index (χ3n) is 2.95. The molecule has 0 unspecified atom stereocenters. The quantitative estimate of drug-likeness (QED) is 0.502. The van der Waals surface area contributed by atoms with E-state index in [1.165, 1.54) is 25.1 Å². The second-order valence-corrected chi connectivity index (χ2v) is 4.70. The average molecular weight is 314 g/mol. The molecule has 2 aromatic carbocycles. The highest BCUT2D eigenvalue weighted by atomic mass is 16.6. The van der Waals surface area contributed by atoms with Crippen LogP contribution >= 0.6 is 0 Å². The molecule has 0 bridgehead atoms. The second kappa shape index (κ2) is 7.17. The number of carbonyl (C=O) groups excluding carboxylic acids is 2. The summed E-state index contributed by atoms with van der Waals surface area (Å²) in [4.78, 5) is 33.3. The molecule has 0 saturated carbocycles. The van der Waals surface area contributed by atoms with E-state index in [-0.39, 0.29) is 29.7 Å². The van der Waals surface area contributed by atoms with Crippen LogP contribution in [-0.4, -0.2) is 23.2 Å². The van der Waals surface area contributed by atoms with Gasteiger partial charge in [0.25, 0.3) is 0 Å². The molecule has 1 amide bonds. The van der Waals surface area contributed by atoms with E-state index < -0.39 is 4.92 Å². The molecule has 0 aliphatic heterocycles. The van der Waals surface area contributed by atoms with Crippen LogP contribution in [0.3, 0.4) is 0 Å². The van der Waals surface area contributed by atoms with E-state index >= 15 is 0 Å². The fraction of sp³-hybridized carbons (Fsp3) is 0.125. The van der Waals surface area contributed by atoms with Crippen LogP contribution in [0.4, 0.5) is 11.4 Å². The van der Waals surface area contributed by atoms with Crippen LogP contribution in [0.25, 0.3) is 0 Å². The lowest BCUT2D eigenvalue weighted by molar-refractivity contribution is -0.385. The number of carbonyl (C=O) groups is 2. The molecule has 2 aromatic rings. The molecular formula is C16H14N2O5. The van der Waals surface area contributed by atoms with Gasteiger partial charge in [-0.3, -0.25) is 19.7 Å². The van der Waals surface area contributed by atoms with Crippen molar-refractivity contribution in [1.82, 2.24) is 0 Å². The van der Waals surface area contributed by atoms with E-state index in [0.29, 0.717) is 11.3 Å². The van der Waals surface area contributed by atoms with Crippen molar-refractivity contribution in [1.29, 1.82) is 0 Å².